The third-order valence-electron chi connectivity index (χ3n) is 3.50. The number of fused-ring (bicyclic) bond motifs is 1. The molecule has 1 atom stereocenters. The van der Waals surface area contributed by atoms with Crippen molar-refractivity contribution in [3.05, 3.63) is 57.6 Å². The molecule has 128 valence electrons. The molecule has 7 nitrogen and oxygen atoms in total. The van der Waals surface area contributed by atoms with E-state index < -0.39 is 16.1 Å². The Hall–Kier alpha value is -2.58. The second kappa shape index (κ2) is 7.12. The van der Waals surface area contributed by atoms with Crippen LogP contribution in [0.25, 0.3) is 0 Å². The number of nitrogens with zero attached hydrogens (tertiary/aromatic N) is 1. The average molecular weight is 378 g/mol. The van der Waals surface area contributed by atoms with Gasteiger partial charge < -0.3 is 10.6 Å². The molecule has 2 aromatic carbocycles. The average Bonchev–Trinajstić information content (AvgIpc) is 2.57. The maximum atomic E-state index is 12.2. The van der Waals surface area contributed by atoms with Gasteiger partial charge >= 0.3 is 0 Å². The first-order valence-corrected chi connectivity index (χ1v) is 8.50. The third kappa shape index (κ3) is 3.92. The fourth-order valence-corrected chi connectivity index (χ4v) is 3.63. The second-order valence-corrected chi connectivity index (χ2v) is 6.92. The van der Waals surface area contributed by atoms with Gasteiger partial charge in [-0.2, -0.15) is 0 Å². The number of hydrogen-bond donors (Lipinski definition) is 2. The number of para-hydroxylation sites is 1. The van der Waals surface area contributed by atoms with Crippen LogP contribution in [0.15, 0.2) is 47.4 Å². The zero-order valence-electron chi connectivity index (χ0n) is 12.7. The van der Waals surface area contributed by atoms with E-state index in [9.17, 15) is 19.7 Å². The molecule has 0 unspecified atom stereocenters. The lowest BCUT2D eigenvalue weighted by Gasteiger charge is -2.23. The summed E-state index contributed by atoms with van der Waals surface area (Å²) in [4.78, 5) is 35.5. The highest BCUT2D eigenvalue weighted by Crippen LogP contribution is 2.36. The third-order valence-corrected chi connectivity index (χ3v) is 5.10. The van der Waals surface area contributed by atoms with Crippen LogP contribution >= 0.6 is 23.4 Å². The predicted octanol–water partition coefficient (Wildman–Crippen LogP) is 3.69. The van der Waals surface area contributed by atoms with Crippen LogP contribution in [-0.4, -0.2) is 22.0 Å². The second-order valence-electron chi connectivity index (χ2n) is 5.27. The summed E-state index contributed by atoms with van der Waals surface area (Å²) in [6, 6.07) is 11.3. The van der Waals surface area contributed by atoms with Crippen LogP contribution < -0.4 is 10.6 Å². The van der Waals surface area contributed by atoms with Gasteiger partial charge in [0.05, 0.1) is 15.9 Å². The van der Waals surface area contributed by atoms with E-state index in [1.807, 2.05) is 18.2 Å². The van der Waals surface area contributed by atoms with Gasteiger partial charge in [0.1, 0.15) is 5.02 Å². The zero-order chi connectivity index (χ0) is 18.0. The van der Waals surface area contributed by atoms with E-state index in [4.69, 9.17) is 11.6 Å². The fraction of sp³-hybridized carbons (Fsp3) is 0.125. The summed E-state index contributed by atoms with van der Waals surface area (Å²) in [5, 5.41) is 15.6. The largest absolute Gasteiger partial charge is 0.326 e. The number of benzene rings is 2. The number of nitrogens with one attached hydrogen (secondary N) is 2. The molecule has 0 saturated carbocycles. The minimum Gasteiger partial charge on any atom is -0.326 e. The van der Waals surface area contributed by atoms with Gasteiger partial charge in [-0.25, -0.2) is 0 Å². The maximum Gasteiger partial charge on any atom is 0.289 e. The normalized spacial score (nSPS) is 15.9. The van der Waals surface area contributed by atoms with Crippen LogP contribution in [0.1, 0.15) is 6.42 Å². The Morgan fingerprint density at radius 2 is 2.08 bits per heavy atom. The van der Waals surface area contributed by atoms with Crippen molar-refractivity contribution in [3.8, 4) is 0 Å². The van der Waals surface area contributed by atoms with Crippen molar-refractivity contribution in [2.45, 2.75) is 16.6 Å². The molecule has 0 bridgehead atoms. The molecular formula is C16H12ClN3O4S. The topological polar surface area (TPSA) is 101 Å². The van der Waals surface area contributed by atoms with Crippen molar-refractivity contribution in [2.75, 3.05) is 10.6 Å². The van der Waals surface area contributed by atoms with Crippen molar-refractivity contribution in [1.82, 2.24) is 0 Å². The molecule has 0 aliphatic carbocycles. The van der Waals surface area contributed by atoms with Crippen molar-refractivity contribution in [2.24, 2.45) is 0 Å². The molecule has 9 heteroatoms. The van der Waals surface area contributed by atoms with Gasteiger partial charge in [-0.15, -0.1) is 11.8 Å². The van der Waals surface area contributed by atoms with Crippen LogP contribution in [0.5, 0.6) is 0 Å². The van der Waals surface area contributed by atoms with Gasteiger partial charge in [-0.05, 0) is 24.3 Å². The van der Waals surface area contributed by atoms with Crippen LogP contribution in [-0.2, 0) is 9.59 Å². The monoisotopic (exact) mass is 377 g/mol. The Balaban J connectivity index is 1.68. The quantitative estimate of drug-likeness (QED) is 0.625. The molecule has 2 amide bonds. The lowest BCUT2D eigenvalue weighted by Crippen LogP contribution is -2.32. The van der Waals surface area contributed by atoms with E-state index in [1.54, 1.807) is 6.07 Å². The SMILES string of the molecule is O=C(C[C@@H]1Sc2ccccc2NC1=O)Nc1ccc(Cl)c([N+](=O)[O-])c1. The molecule has 1 aliphatic rings. The van der Waals surface area contributed by atoms with Gasteiger partial charge in [0.2, 0.25) is 11.8 Å². The van der Waals surface area contributed by atoms with Crippen molar-refractivity contribution >= 4 is 52.2 Å². The first-order valence-electron chi connectivity index (χ1n) is 7.24. The molecule has 0 aromatic heterocycles. The highest BCUT2D eigenvalue weighted by Gasteiger charge is 2.29. The Kier molecular flexibility index (Phi) is 4.91. The molecule has 1 aliphatic heterocycles. The van der Waals surface area contributed by atoms with E-state index in [0.29, 0.717) is 0 Å². The predicted molar refractivity (Wildman–Crippen MR) is 96.1 cm³/mol. The molecule has 2 aromatic rings. The number of rotatable bonds is 4. The lowest BCUT2D eigenvalue weighted by molar-refractivity contribution is -0.384. The first kappa shape index (κ1) is 17.2. The van der Waals surface area contributed by atoms with Crippen LogP contribution in [0.4, 0.5) is 17.1 Å². The molecule has 0 spiro atoms. The summed E-state index contributed by atoms with van der Waals surface area (Å²) in [6.07, 6.45) is -0.0543. The maximum absolute atomic E-state index is 12.2. The van der Waals surface area contributed by atoms with Crippen LogP contribution in [0.2, 0.25) is 5.02 Å². The van der Waals surface area contributed by atoms with E-state index in [0.717, 1.165) is 10.6 Å². The Morgan fingerprint density at radius 3 is 2.84 bits per heavy atom. The number of carbonyl (C=O) groups excluding carboxylic acids is 2. The Bertz CT molecular complexity index is 874. The molecular weight excluding hydrogens is 366 g/mol. The Morgan fingerprint density at radius 1 is 1.32 bits per heavy atom. The highest BCUT2D eigenvalue weighted by molar-refractivity contribution is 8.01. The summed E-state index contributed by atoms with van der Waals surface area (Å²) in [6.45, 7) is 0. The van der Waals surface area contributed by atoms with E-state index >= 15 is 0 Å². The fourth-order valence-electron chi connectivity index (χ4n) is 2.34. The van der Waals surface area contributed by atoms with Gasteiger partial charge in [0.15, 0.2) is 0 Å². The van der Waals surface area contributed by atoms with Gasteiger partial charge in [0, 0.05) is 23.1 Å². The van der Waals surface area contributed by atoms with Crippen molar-refractivity contribution in [1.29, 1.82) is 0 Å². The standard InChI is InChI=1S/C16H12ClN3O4S/c17-10-6-5-9(7-12(10)20(23)24)18-15(21)8-14-16(22)19-11-3-1-2-4-13(11)25-14/h1-7,14H,8H2,(H,18,21)(H,19,22)/t14-/m0/s1. The molecule has 2 N–H and O–H groups in total. The number of anilines is 2. The van der Waals surface area contributed by atoms with Gasteiger partial charge in [-0.1, -0.05) is 23.7 Å². The zero-order valence-corrected chi connectivity index (χ0v) is 14.3. The Labute approximate surface area is 151 Å². The highest BCUT2D eigenvalue weighted by atomic mass is 35.5. The number of amides is 2. The van der Waals surface area contributed by atoms with Crippen molar-refractivity contribution < 1.29 is 14.5 Å². The summed E-state index contributed by atoms with van der Waals surface area (Å²) in [5.41, 5.74) is 0.684. The lowest BCUT2D eigenvalue weighted by atomic mass is 10.2. The number of nitro groups is 1. The number of halogens is 1. The molecule has 0 radical (unpaired) electrons. The first-order chi connectivity index (χ1) is 11.9. The summed E-state index contributed by atoms with van der Waals surface area (Å²) >= 11 is 7.05. The minimum atomic E-state index is -0.626. The smallest absolute Gasteiger partial charge is 0.289 e. The summed E-state index contributed by atoms with van der Waals surface area (Å²) in [7, 11) is 0. The molecule has 25 heavy (non-hydrogen) atoms. The van der Waals surface area contributed by atoms with E-state index in [-0.39, 0.29) is 28.7 Å². The molecule has 1 heterocycles. The summed E-state index contributed by atoms with van der Waals surface area (Å²) < 4.78 is 0. The van der Waals surface area contributed by atoms with E-state index in [2.05, 4.69) is 10.6 Å². The van der Waals surface area contributed by atoms with E-state index in [1.165, 1.54) is 30.0 Å². The molecule has 0 fully saturated rings. The number of hydrogen-bond acceptors (Lipinski definition) is 5. The summed E-state index contributed by atoms with van der Waals surface area (Å²) in [5.74, 6) is -0.662. The molecule has 3 rings (SSSR count). The van der Waals surface area contributed by atoms with Gasteiger partial charge in [0.25, 0.3) is 5.69 Å². The number of thioether (sulfide) groups is 1. The van der Waals surface area contributed by atoms with Gasteiger partial charge in [-0.3, -0.25) is 19.7 Å². The van der Waals surface area contributed by atoms with Crippen molar-refractivity contribution in [3.63, 3.8) is 0 Å². The van der Waals surface area contributed by atoms with Crippen LogP contribution in [0, 0.1) is 10.1 Å². The molecule has 0 saturated heterocycles. The number of carbonyl (C=O) groups is 2. The number of nitro benzene ring substituents is 1. The van der Waals surface area contributed by atoms with Crippen LogP contribution in [0.3, 0.4) is 0 Å². The minimum absolute atomic E-state index is 0.0122.